The molecule has 0 amide bonds. The fourth-order valence-corrected chi connectivity index (χ4v) is 1.87. The van der Waals surface area contributed by atoms with Crippen LogP contribution in [0.2, 0.25) is 0 Å². The Morgan fingerprint density at radius 1 is 1.23 bits per heavy atom. The van der Waals surface area contributed by atoms with Gasteiger partial charge < -0.3 is 0 Å². The molecule has 1 aliphatic carbocycles. The maximum atomic E-state index is 12.6. The predicted octanol–water partition coefficient (Wildman–Crippen LogP) is 3.65. The Bertz CT molecular complexity index is 321. The Morgan fingerprint density at radius 3 is 2.46 bits per heavy atom. The second-order valence-corrected chi connectivity index (χ2v) is 3.71. The summed E-state index contributed by atoms with van der Waals surface area (Å²) in [6, 6.07) is 6.85. The molecule has 0 aliphatic heterocycles. The van der Waals surface area contributed by atoms with E-state index in [-0.39, 0.29) is 5.82 Å². The van der Waals surface area contributed by atoms with Crippen LogP contribution in [-0.4, -0.2) is 0 Å². The molecule has 0 aromatic heterocycles. The fraction of sp³-hybridized carbons (Fsp3) is 0.333. The Kier molecular flexibility index (Phi) is 2.17. The minimum atomic E-state index is -0.151. The molecule has 68 valence electrons. The van der Waals surface area contributed by atoms with Crippen molar-refractivity contribution < 1.29 is 4.39 Å². The van der Waals surface area contributed by atoms with Gasteiger partial charge in [0.25, 0.3) is 0 Å². The quantitative estimate of drug-likeness (QED) is 0.573. The number of rotatable bonds is 1. The molecule has 1 aromatic carbocycles. The Hall–Kier alpha value is -1.11. The van der Waals surface area contributed by atoms with Crippen LogP contribution in [0.25, 0.3) is 0 Å². The summed E-state index contributed by atoms with van der Waals surface area (Å²) in [5.41, 5.74) is 2.69. The average Bonchev–Trinajstić information content (AvgIpc) is 2.53. The zero-order valence-electron chi connectivity index (χ0n) is 7.76. The van der Waals surface area contributed by atoms with E-state index in [1.807, 2.05) is 12.1 Å². The van der Waals surface area contributed by atoms with Crippen molar-refractivity contribution in [2.24, 2.45) is 0 Å². The van der Waals surface area contributed by atoms with Crippen LogP contribution in [0.5, 0.6) is 0 Å². The van der Waals surface area contributed by atoms with Crippen molar-refractivity contribution in [1.82, 2.24) is 0 Å². The first-order chi connectivity index (χ1) is 6.25. The molecule has 1 heteroatoms. The van der Waals surface area contributed by atoms with Crippen LogP contribution in [-0.2, 0) is 0 Å². The highest BCUT2D eigenvalue weighted by atomic mass is 19.1. The van der Waals surface area contributed by atoms with Crippen LogP contribution in [0.3, 0.4) is 0 Å². The second-order valence-electron chi connectivity index (χ2n) is 3.71. The van der Waals surface area contributed by atoms with E-state index in [0.29, 0.717) is 5.92 Å². The monoisotopic (exact) mass is 176 g/mol. The summed E-state index contributed by atoms with van der Waals surface area (Å²) in [5, 5.41) is 0. The molecule has 1 aromatic rings. The molecule has 0 radical (unpaired) electrons. The molecule has 1 atom stereocenters. The van der Waals surface area contributed by atoms with E-state index < -0.39 is 0 Å². The average molecular weight is 176 g/mol. The minimum absolute atomic E-state index is 0.151. The molecule has 0 saturated carbocycles. The summed E-state index contributed by atoms with van der Waals surface area (Å²) in [5.74, 6) is 0.364. The highest BCUT2D eigenvalue weighted by Crippen LogP contribution is 2.32. The van der Waals surface area contributed by atoms with E-state index >= 15 is 0 Å². The molecule has 0 fully saturated rings. The lowest BCUT2D eigenvalue weighted by molar-refractivity contribution is 0.626. The Morgan fingerprint density at radius 2 is 1.92 bits per heavy atom. The lowest BCUT2D eigenvalue weighted by Crippen LogP contribution is -1.90. The standard InChI is InChI=1S/C12H13F/c1-9-2-3-11(8-9)10-4-6-12(13)7-5-10/h4-8,11H,2-3H2,1H3. The first-order valence-corrected chi connectivity index (χ1v) is 4.68. The van der Waals surface area contributed by atoms with Gasteiger partial charge in [0.1, 0.15) is 5.82 Å². The van der Waals surface area contributed by atoms with Gasteiger partial charge in [-0.3, -0.25) is 0 Å². The van der Waals surface area contributed by atoms with Gasteiger partial charge in [0.15, 0.2) is 0 Å². The van der Waals surface area contributed by atoms with Crippen molar-refractivity contribution in [3.05, 3.63) is 47.3 Å². The molecule has 0 N–H and O–H groups in total. The molecule has 0 spiro atoms. The van der Waals surface area contributed by atoms with E-state index in [1.54, 1.807) is 0 Å². The third kappa shape index (κ3) is 1.80. The molecular formula is C12H13F. The van der Waals surface area contributed by atoms with Gasteiger partial charge >= 0.3 is 0 Å². The van der Waals surface area contributed by atoms with Crippen LogP contribution >= 0.6 is 0 Å². The maximum Gasteiger partial charge on any atom is 0.123 e. The van der Waals surface area contributed by atoms with Crippen LogP contribution in [0.4, 0.5) is 4.39 Å². The fourth-order valence-electron chi connectivity index (χ4n) is 1.87. The predicted molar refractivity (Wildman–Crippen MR) is 52.1 cm³/mol. The van der Waals surface area contributed by atoms with Gasteiger partial charge in [-0.25, -0.2) is 4.39 Å². The van der Waals surface area contributed by atoms with Crippen molar-refractivity contribution in [2.45, 2.75) is 25.7 Å². The number of allylic oxidation sites excluding steroid dienone is 2. The smallest absolute Gasteiger partial charge is 0.123 e. The normalized spacial score (nSPS) is 21.7. The number of hydrogen-bond donors (Lipinski definition) is 0. The third-order valence-corrected chi connectivity index (χ3v) is 2.63. The van der Waals surface area contributed by atoms with Crippen LogP contribution in [0.1, 0.15) is 31.2 Å². The van der Waals surface area contributed by atoms with Gasteiger partial charge in [0.2, 0.25) is 0 Å². The zero-order chi connectivity index (χ0) is 9.26. The van der Waals surface area contributed by atoms with Gasteiger partial charge in [-0.1, -0.05) is 23.8 Å². The number of halogens is 1. The molecule has 0 saturated heterocycles. The molecule has 0 heterocycles. The molecule has 0 nitrogen and oxygen atoms in total. The van der Waals surface area contributed by atoms with Crippen molar-refractivity contribution in [3.63, 3.8) is 0 Å². The summed E-state index contributed by atoms with van der Waals surface area (Å²) < 4.78 is 12.6. The van der Waals surface area contributed by atoms with E-state index in [4.69, 9.17) is 0 Å². The van der Waals surface area contributed by atoms with Crippen LogP contribution in [0, 0.1) is 5.82 Å². The maximum absolute atomic E-state index is 12.6. The van der Waals surface area contributed by atoms with E-state index in [1.165, 1.54) is 36.1 Å². The van der Waals surface area contributed by atoms with E-state index in [9.17, 15) is 4.39 Å². The summed E-state index contributed by atoms with van der Waals surface area (Å²) in [7, 11) is 0. The molecule has 1 unspecified atom stereocenters. The third-order valence-electron chi connectivity index (χ3n) is 2.63. The Labute approximate surface area is 78.1 Å². The lowest BCUT2D eigenvalue weighted by Gasteiger charge is -2.06. The van der Waals surface area contributed by atoms with E-state index in [2.05, 4.69) is 13.0 Å². The van der Waals surface area contributed by atoms with Gasteiger partial charge in [-0.15, -0.1) is 0 Å². The van der Waals surface area contributed by atoms with Gasteiger partial charge in [0, 0.05) is 5.92 Å². The SMILES string of the molecule is CC1=CC(c2ccc(F)cc2)CC1. The van der Waals surface area contributed by atoms with Gasteiger partial charge in [0.05, 0.1) is 0 Å². The Balaban J connectivity index is 2.22. The number of benzene rings is 1. The van der Waals surface area contributed by atoms with Gasteiger partial charge in [-0.2, -0.15) is 0 Å². The highest BCUT2D eigenvalue weighted by Gasteiger charge is 2.14. The highest BCUT2D eigenvalue weighted by molar-refractivity contribution is 5.28. The first kappa shape index (κ1) is 8.49. The summed E-state index contributed by atoms with van der Waals surface area (Å²) in [6.45, 7) is 2.16. The molecular weight excluding hydrogens is 163 g/mol. The zero-order valence-corrected chi connectivity index (χ0v) is 7.76. The topological polar surface area (TPSA) is 0 Å². The van der Waals surface area contributed by atoms with Crippen molar-refractivity contribution in [3.8, 4) is 0 Å². The summed E-state index contributed by atoms with van der Waals surface area (Å²) >= 11 is 0. The summed E-state index contributed by atoms with van der Waals surface area (Å²) in [6.07, 6.45) is 4.65. The van der Waals surface area contributed by atoms with Gasteiger partial charge in [-0.05, 0) is 37.5 Å². The van der Waals surface area contributed by atoms with Crippen molar-refractivity contribution in [2.75, 3.05) is 0 Å². The largest absolute Gasteiger partial charge is 0.207 e. The molecule has 2 rings (SSSR count). The molecule has 0 bridgehead atoms. The van der Waals surface area contributed by atoms with Crippen molar-refractivity contribution in [1.29, 1.82) is 0 Å². The molecule has 13 heavy (non-hydrogen) atoms. The van der Waals surface area contributed by atoms with Crippen LogP contribution in [0.15, 0.2) is 35.9 Å². The second kappa shape index (κ2) is 3.33. The summed E-state index contributed by atoms with van der Waals surface area (Å²) in [4.78, 5) is 0. The van der Waals surface area contributed by atoms with Crippen molar-refractivity contribution >= 4 is 0 Å². The number of hydrogen-bond acceptors (Lipinski definition) is 0. The first-order valence-electron chi connectivity index (χ1n) is 4.68. The van der Waals surface area contributed by atoms with E-state index in [0.717, 1.165) is 0 Å². The minimum Gasteiger partial charge on any atom is -0.207 e. The van der Waals surface area contributed by atoms with Crippen LogP contribution < -0.4 is 0 Å². The lowest BCUT2D eigenvalue weighted by atomic mass is 9.99. The molecule has 1 aliphatic rings.